The van der Waals surface area contributed by atoms with Crippen molar-refractivity contribution in [3.63, 3.8) is 0 Å². The molecule has 2 amide bonds. The SMILES string of the molecule is CCNC(=O)N1CC2CCC(O)C2C1. The van der Waals surface area contributed by atoms with E-state index in [-0.39, 0.29) is 12.1 Å². The van der Waals surface area contributed by atoms with Crippen LogP contribution < -0.4 is 5.32 Å². The number of carbonyl (C=O) groups excluding carboxylic acids is 1. The number of aliphatic hydroxyl groups excluding tert-OH is 1. The van der Waals surface area contributed by atoms with Gasteiger partial charge in [-0.3, -0.25) is 0 Å². The smallest absolute Gasteiger partial charge is 0.317 e. The average molecular weight is 198 g/mol. The van der Waals surface area contributed by atoms with Crippen LogP contribution >= 0.6 is 0 Å². The number of nitrogens with one attached hydrogen (secondary N) is 1. The number of hydrogen-bond donors (Lipinski definition) is 2. The first kappa shape index (κ1) is 9.77. The molecule has 2 fully saturated rings. The lowest BCUT2D eigenvalue weighted by Crippen LogP contribution is -2.39. The van der Waals surface area contributed by atoms with Gasteiger partial charge >= 0.3 is 6.03 Å². The Balaban J connectivity index is 1.92. The molecule has 1 aliphatic heterocycles. The molecule has 3 atom stereocenters. The van der Waals surface area contributed by atoms with Crippen LogP contribution in [0.5, 0.6) is 0 Å². The lowest BCUT2D eigenvalue weighted by atomic mass is 10.00. The zero-order chi connectivity index (χ0) is 10.1. The quantitative estimate of drug-likeness (QED) is 0.641. The minimum atomic E-state index is -0.181. The number of likely N-dealkylation sites (tertiary alicyclic amines) is 1. The molecule has 1 heterocycles. The summed E-state index contributed by atoms with van der Waals surface area (Å²) in [6, 6.07) is 0.0223. The second kappa shape index (κ2) is 3.77. The van der Waals surface area contributed by atoms with Gasteiger partial charge in [-0.05, 0) is 25.7 Å². The minimum absolute atomic E-state index is 0.0223. The van der Waals surface area contributed by atoms with Crippen molar-refractivity contribution in [1.82, 2.24) is 10.2 Å². The van der Waals surface area contributed by atoms with Gasteiger partial charge in [-0.2, -0.15) is 0 Å². The Morgan fingerprint density at radius 2 is 2.29 bits per heavy atom. The largest absolute Gasteiger partial charge is 0.393 e. The summed E-state index contributed by atoms with van der Waals surface area (Å²) in [5.74, 6) is 0.866. The second-order valence-corrected chi connectivity index (χ2v) is 4.31. The fourth-order valence-corrected chi connectivity index (χ4v) is 2.67. The van der Waals surface area contributed by atoms with Crippen LogP contribution in [0.25, 0.3) is 0 Å². The minimum Gasteiger partial charge on any atom is -0.393 e. The normalized spacial score (nSPS) is 35.9. The van der Waals surface area contributed by atoms with Gasteiger partial charge < -0.3 is 15.3 Å². The van der Waals surface area contributed by atoms with Crippen LogP contribution in [-0.4, -0.2) is 41.8 Å². The Morgan fingerprint density at radius 1 is 1.50 bits per heavy atom. The molecule has 0 aromatic rings. The molecular weight excluding hydrogens is 180 g/mol. The van der Waals surface area contributed by atoms with Crippen LogP contribution in [0, 0.1) is 11.8 Å². The molecule has 14 heavy (non-hydrogen) atoms. The van der Waals surface area contributed by atoms with E-state index < -0.39 is 0 Å². The van der Waals surface area contributed by atoms with Gasteiger partial charge in [0, 0.05) is 25.6 Å². The van der Waals surface area contributed by atoms with Gasteiger partial charge in [-0.15, -0.1) is 0 Å². The molecule has 80 valence electrons. The first-order chi connectivity index (χ1) is 6.72. The van der Waals surface area contributed by atoms with E-state index in [0.717, 1.165) is 25.9 Å². The number of nitrogens with zero attached hydrogens (tertiary/aromatic N) is 1. The zero-order valence-corrected chi connectivity index (χ0v) is 8.57. The highest BCUT2D eigenvalue weighted by Crippen LogP contribution is 2.37. The van der Waals surface area contributed by atoms with Crippen molar-refractivity contribution >= 4 is 6.03 Å². The predicted octanol–water partition coefficient (Wildman–Crippen LogP) is 0.419. The zero-order valence-electron chi connectivity index (χ0n) is 8.57. The van der Waals surface area contributed by atoms with Crippen LogP contribution in [0.3, 0.4) is 0 Å². The molecule has 1 aliphatic carbocycles. The molecule has 3 unspecified atom stereocenters. The molecule has 2 N–H and O–H groups in total. The Kier molecular flexibility index (Phi) is 2.63. The van der Waals surface area contributed by atoms with E-state index in [1.807, 2.05) is 11.8 Å². The highest BCUT2D eigenvalue weighted by atomic mass is 16.3. The highest BCUT2D eigenvalue weighted by Gasteiger charge is 2.43. The molecule has 0 bridgehead atoms. The fourth-order valence-electron chi connectivity index (χ4n) is 2.67. The summed E-state index contributed by atoms with van der Waals surface area (Å²) in [5.41, 5.74) is 0. The third kappa shape index (κ3) is 1.59. The molecule has 0 aromatic carbocycles. The first-order valence-corrected chi connectivity index (χ1v) is 5.43. The number of urea groups is 1. The number of hydrogen-bond acceptors (Lipinski definition) is 2. The Bertz CT molecular complexity index is 232. The third-order valence-electron chi connectivity index (χ3n) is 3.43. The van der Waals surface area contributed by atoms with Gasteiger partial charge in [0.1, 0.15) is 0 Å². The van der Waals surface area contributed by atoms with Crippen molar-refractivity contribution < 1.29 is 9.90 Å². The van der Waals surface area contributed by atoms with E-state index in [0.29, 0.717) is 18.4 Å². The number of amides is 2. The van der Waals surface area contributed by atoms with E-state index in [2.05, 4.69) is 5.32 Å². The second-order valence-electron chi connectivity index (χ2n) is 4.31. The molecule has 2 aliphatic rings. The van der Waals surface area contributed by atoms with Crippen molar-refractivity contribution in [2.45, 2.75) is 25.9 Å². The lowest BCUT2D eigenvalue weighted by molar-refractivity contribution is 0.126. The Labute approximate surface area is 84.3 Å². The van der Waals surface area contributed by atoms with Gasteiger partial charge in [0.05, 0.1) is 6.10 Å². The molecule has 2 rings (SSSR count). The molecule has 1 saturated heterocycles. The van der Waals surface area contributed by atoms with E-state index >= 15 is 0 Å². The molecule has 0 aromatic heterocycles. The molecule has 1 saturated carbocycles. The summed E-state index contributed by atoms with van der Waals surface area (Å²) in [6.45, 7) is 4.15. The maximum absolute atomic E-state index is 11.5. The van der Waals surface area contributed by atoms with E-state index in [9.17, 15) is 9.90 Å². The monoisotopic (exact) mass is 198 g/mol. The number of aliphatic hydroxyl groups is 1. The van der Waals surface area contributed by atoms with Crippen LogP contribution in [0.15, 0.2) is 0 Å². The van der Waals surface area contributed by atoms with Crippen molar-refractivity contribution in [2.75, 3.05) is 19.6 Å². The summed E-state index contributed by atoms with van der Waals surface area (Å²) in [4.78, 5) is 13.4. The maximum atomic E-state index is 11.5. The Hall–Kier alpha value is -0.770. The van der Waals surface area contributed by atoms with Crippen LogP contribution in [0.4, 0.5) is 4.79 Å². The van der Waals surface area contributed by atoms with Crippen molar-refractivity contribution in [3.8, 4) is 0 Å². The van der Waals surface area contributed by atoms with Crippen molar-refractivity contribution in [1.29, 1.82) is 0 Å². The maximum Gasteiger partial charge on any atom is 0.317 e. The van der Waals surface area contributed by atoms with Gasteiger partial charge in [0.2, 0.25) is 0 Å². The summed E-state index contributed by atoms with van der Waals surface area (Å²) < 4.78 is 0. The molecule has 4 heteroatoms. The molecule has 0 spiro atoms. The summed E-state index contributed by atoms with van der Waals surface area (Å²) >= 11 is 0. The third-order valence-corrected chi connectivity index (χ3v) is 3.43. The highest BCUT2D eigenvalue weighted by molar-refractivity contribution is 5.74. The topological polar surface area (TPSA) is 52.6 Å². The van der Waals surface area contributed by atoms with Gasteiger partial charge in [0.15, 0.2) is 0 Å². The first-order valence-electron chi connectivity index (χ1n) is 5.43. The van der Waals surface area contributed by atoms with Crippen molar-refractivity contribution in [3.05, 3.63) is 0 Å². The predicted molar refractivity (Wildman–Crippen MR) is 52.9 cm³/mol. The molecule has 4 nitrogen and oxygen atoms in total. The van der Waals surface area contributed by atoms with E-state index in [1.54, 1.807) is 0 Å². The fraction of sp³-hybridized carbons (Fsp3) is 0.900. The van der Waals surface area contributed by atoms with Crippen LogP contribution in [0.1, 0.15) is 19.8 Å². The number of fused-ring (bicyclic) bond motifs is 1. The van der Waals surface area contributed by atoms with Gasteiger partial charge in [-0.25, -0.2) is 4.79 Å². The summed E-state index contributed by atoms with van der Waals surface area (Å²) in [5, 5.41) is 12.5. The summed E-state index contributed by atoms with van der Waals surface area (Å²) in [6.07, 6.45) is 1.81. The van der Waals surface area contributed by atoms with Crippen LogP contribution in [0.2, 0.25) is 0 Å². The van der Waals surface area contributed by atoms with Crippen LogP contribution in [-0.2, 0) is 0 Å². The number of rotatable bonds is 1. The van der Waals surface area contributed by atoms with Gasteiger partial charge in [-0.1, -0.05) is 0 Å². The van der Waals surface area contributed by atoms with Crippen molar-refractivity contribution in [2.24, 2.45) is 11.8 Å². The van der Waals surface area contributed by atoms with E-state index in [1.165, 1.54) is 0 Å². The standard InChI is InChI=1S/C10H18N2O2/c1-2-11-10(14)12-5-7-3-4-9(13)8(7)6-12/h7-9,13H,2-6H2,1H3,(H,11,14). The number of carbonyl (C=O) groups is 1. The molecular formula is C10H18N2O2. The summed E-state index contributed by atoms with van der Waals surface area (Å²) in [7, 11) is 0. The van der Waals surface area contributed by atoms with E-state index in [4.69, 9.17) is 0 Å². The lowest BCUT2D eigenvalue weighted by Gasteiger charge is -2.18. The average Bonchev–Trinajstić information content (AvgIpc) is 2.69. The van der Waals surface area contributed by atoms with Gasteiger partial charge in [0.25, 0.3) is 0 Å². The Morgan fingerprint density at radius 3 is 2.93 bits per heavy atom. The molecule has 0 radical (unpaired) electrons.